The number of rotatable bonds is 4. The molecule has 4 heteroatoms. The topological polar surface area (TPSA) is 29.5 Å². The monoisotopic (exact) mass is 260 g/mol. The van der Waals surface area contributed by atoms with E-state index >= 15 is 0 Å². The number of hydrogen-bond donors (Lipinski definition) is 1. The van der Waals surface area contributed by atoms with Crippen LogP contribution in [0.1, 0.15) is 24.2 Å². The molecule has 0 radical (unpaired) electrons. The van der Waals surface area contributed by atoms with Gasteiger partial charge in [0.2, 0.25) is 0 Å². The predicted octanol–water partition coefficient (Wildman–Crippen LogP) is 3.75. The Kier molecular flexibility index (Phi) is 5.13. The van der Waals surface area contributed by atoms with E-state index < -0.39 is 6.10 Å². The largest absolute Gasteiger partial charge is 0.488 e. The molecule has 1 rings (SSSR count). The fourth-order valence-electron chi connectivity index (χ4n) is 1.30. The lowest BCUT2D eigenvalue weighted by molar-refractivity contribution is 0.192. The highest BCUT2D eigenvalue weighted by Gasteiger charge is 2.09. The lowest BCUT2D eigenvalue weighted by Gasteiger charge is -2.13. The molecule has 0 heterocycles. The van der Waals surface area contributed by atoms with Gasteiger partial charge in [-0.3, -0.25) is 0 Å². The average Bonchev–Trinajstić information content (AvgIpc) is 2.26. The highest BCUT2D eigenvalue weighted by molar-refractivity contribution is 6.36. The summed E-state index contributed by atoms with van der Waals surface area (Å²) in [5.74, 6) is 0.622. The van der Waals surface area contributed by atoms with Gasteiger partial charge in [-0.25, -0.2) is 0 Å². The van der Waals surface area contributed by atoms with Gasteiger partial charge >= 0.3 is 0 Å². The zero-order valence-corrected chi connectivity index (χ0v) is 10.7. The second-order valence-corrected chi connectivity index (χ2v) is 4.27. The number of benzene rings is 1. The third-order valence-electron chi connectivity index (χ3n) is 2.10. The van der Waals surface area contributed by atoms with Gasteiger partial charge in [0.05, 0.1) is 11.1 Å². The summed E-state index contributed by atoms with van der Waals surface area (Å²) in [7, 11) is 0. The molecule has 0 aliphatic rings. The number of aliphatic hydroxyl groups excluding tert-OH is 1. The molecule has 1 unspecified atom stereocenters. The first-order valence-corrected chi connectivity index (χ1v) is 5.72. The van der Waals surface area contributed by atoms with E-state index in [0.29, 0.717) is 10.8 Å². The van der Waals surface area contributed by atoms with Gasteiger partial charge in [-0.05, 0) is 26.0 Å². The number of ether oxygens (including phenoxy) is 1. The molecular formula is C12H14Cl2O2. The summed E-state index contributed by atoms with van der Waals surface area (Å²) in [4.78, 5) is 0. The summed E-state index contributed by atoms with van der Waals surface area (Å²) < 4.78 is 5.46. The van der Waals surface area contributed by atoms with Gasteiger partial charge in [0.25, 0.3) is 0 Å². The predicted molar refractivity (Wildman–Crippen MR) is 67.1 cm³/mol. The third kappa shape index (κ3) is 3.71. The minimum Gasteiger partial charge on any atom is -0.488 e. The smallest absolute Gasteiger partial charge is 0.125 e. The first-order chi connectivity index (χ1) is 7.54. The van der Waals surface area contributed by atoms with Crippen LogP contribution < -0.4 is 4.74 Å². The second kappa shape index (κ2) is 6.14. The van der Waals surface area contributed by atoms with Gasteiger partial charge in [-0.1, -0.05) is 34.8 Å². The SMILES string of the molecule is Cc1ccc(OCC(Cl)=CCl)c(C(C)O)c1. The van der Waals surface area contributed by atoms with Crippen LogP contribution in [0.3, 0.4) is 0 Å². The lowest BCUT2D eigenvalue weighted by Crippen LogP contribution is -2.02. The van der Waals surface area contributed by atoms with Crippen LogP contribution in [0.25, 0.3) is 0 Å². The minimum atomic E-state index is -0.575. The molecule has 0 bridgehead atoms. The van der Waals surface area contributed by atoms with Crippen molar-refractivity contribution in [2.75, 3.05) is 6.61 Å². The Balaban J connectivity index is 2.87. The van der Waals surface area contributed by atoms with E-state index in [1.165, 1.54) is 5.54 Å². The van der Waals surface area contributed by atoms with Crippen molar-refractivity contribution in [3.63, 3.8) is 0 Å². The van der Waals surface area contributed by atoms with E-state index in [4.69, 9.17) is 27.9 Å². The molecule has 0 fully saturated rings. The minimum absolute atomic E-state index is 0.202. The number of aliphatic hydroxyl groups is 1. The van der Waals surface area contributed by atoms with Crippen molar-refractivity contribution in [2.24, 2.45) is 0 Å². The van der Waals surface area contributed by atoms with Crippen LogP contribution in [0, 0.1) is 6.92 Å². The van der Waals surface area contributed by atoms with Gasteiger partial charge in [0, 0.05) is 11.1 Å². The molecule has 1 atom stereocenters. The summed E-state index contributed by atoms with van der Waals surface area (Å²) in [6.07, 6.45) is -0.575. The van der Waals surface area contributed by atoms with Crippen LogP contribution in [0.15, 0.2) is 28.8 Å². The van der Waals surface area contributed by atoms with Crippen LogP contribution in [-0.2, 0) is 0 Å². The Morgan fingerprint density at radius 3 is 2.81 bits per heavy atom. The molecule has 0 saturated carbocycles. The Bertz CT molecular complexity index is 387. The van der Waals surface area contributed by atoms with Crippen molar-refractivity contribution in [1.82, 2.24) is 0 Å². The quantitative estimate of drug-likeness (QED) is 0.894. The zero-order chi connectivity index (χ0) is 12.1. The maximum absolute atomic E-state index is 9.60. The van der Waals surface area contributed by atoms with Crippen LogP contribution in [0.4, 0.5) is 0 Å². The highest BCUT2D eigenvalue weighted by atomic mass is 35.5. The summed E-state index contributed by atoms with van der Waals surface area (Å²) >= 11 is 11.1. The van der Waals surface area contributed by atoms with Crippen molar-refractivity contribution >= 4 is 23.2 Å². The number of halogens is 2. The molecular weight excluding hydrogens is 247 g/mol. The molecule has 0 aliphatic heterocycles. The van der Waals surface area contributed by atoms with E-state index in [1.54, 1.807) is 6.92 Å². The molecule has 0 saturated heterocycles. The van der Waals surface area contributed by atoms with Gasteiger partial charge in [0.15, 0.2) is 0 Å². The van der Waals surface area contributed by atoms with Crippen LogP contribution in [0.2, 0.25) is 0 Å². The third-order valence-corrected chi connectivity index (χ3v) is 2.69. The molecule has 1 aromatic carbocycles. The van der Waals surface area contributed by atoms with E-state index in [2.05, 4.69) is 0 Å². The molecule has 1 N–H and O–H groups in total. The Labute approximate surface area is 105 Å². The van der Waals surface area contributed by atoms with E-state index in [9.17, 15) is 5.11 Å². The van der Waals surface area contributed by atoms with Crippen LogP contribution >= 0.6 is 23.2 Å². The van der Waals surface area contributed by atoms with E-state index in [0.717, 1.165) is 11.1 Å². The second-order valence-electron chi connectivity index (χ2n) is 3.56. The first kappa shape index (κ1) is 13.4. The lowest BCUT2D eigenvalue weighted by atomic mass is 10.1. The number of hydrogen-bond acceptors (Lipinski definition) is 2. The van der Waals surface area contributed by atoms with Gasteiger partial charge in [-0.2, -0.15) is 0 Å². The van der Waals surface area contributed by atoms with Crippen LogP contribution in [0.5, 0.6) is 5.75 Å². The summed E-state index contributed by atoms with van der Waals surface area (Å²) in [6, 6.07) is 5.62. The molecule has 16 heavy (non-hydrogen) atoms. The normalized spacial score (nSPS) is 13.7. The molecule has 0 spiro atoms. The van der Waals surface area contributed by atoms with Crippen molar-refractivity contribution < 1.29 is 9.84 Å². The first-order valence-electron chi connectivity index (χ1n) is 4.90. The molecule has 2 nitrogen and oxygen atoms in total. The Hall–Kier alpha value is -0.700. The Morgan fingerprint density at radius 2 is 2.25 bits per heavy atom. The van der Waals surface area contributed by atoms with Crippen molar-refractivity contribution in [3.05, 3.63) is 39.9 Å². The highest BCUT2D eigenvalue weighted by Crippen LogP contribution is 2.26. The van der Waals surface area contributed by atoms with Gasteiger partial charge in [0.1, 0.15) is 12.4 Å². The van der Waals surface area contributed by atoms with Crippen LogP contribution in [-0.4, -0.2) is 11.7 Å². The molecule has 1 aromatic rings. The average molecular weight is 261 g/mol. The maximum atomic E-state index is 9.60. The van der Waals surface area contributed by atoms with E-state index in [-0.39, 0.29) is 6.61 Å². The van der Waals surface area contributed by atoms with Gasteiger partial charge < -0.3 is 9.84 Å². The van der Waals surface area contributed by atoms with Crippen molar-refractivity contribution in [2.45, 2.75) is 20.0 Å². The molecule has 0 amide bonds. The maximum Gasteiger partial charge on any atom is 0.125 e. The summed E-state index contributed by atoms with van der Waals surface area (Å²) in [5, 5.41) is 10.0. The number of aryl methyl sites for hydroxylation is 1. The summed E-state index contributed by atoms with van der Waals surface area (Å²) in [6.45, 7) is 3.86. The summed E-state index contributed by atoms with van der Waals surface area (Å²) in [5.41, 5.74) is 3.08. The molecule has 0 aromatic heterocycles. The molecule has 0 aliphatic carbocycles. The van der Waals surface area contributed by atoms with Crippen molar-refractivity contribution in [3.8, 4) is 5.75 Å². The van der Waals surface area contributed by atoms with E-state index in [1.807, 2.05) is 25.1 Å². The van der Waals surface area contributed by atoms with Gasteiger partial charge in [-0.15, -0.1) is 0 Å². The molecule has 88 valence electrons. The van der Waals surface area contributed by atoms with Crippen molar-refractivity contribution in [1.29, 1.82) is 0 Å². The Morgan fingerprint density at radius 1 is 1.56 bits per heavy atom. The fourth-order valence-corrected chi connectivity index (χ4v) is 1.42. The standard InChI is InChI=1S/C12H14Cl2O2/c1-8-3-4-12(11(5-8)9(2)15)16-7-10(14)6-13/h3-6,9,15H,7H2,1-2H3. The zero-order valence-electron chi connectivity index (χ0n) is 9.21. The fraction of sp³-hybridized carbons (Fsp3) is 0.333.